The van der Waals surface area contributed by atoms with Gasteiger partial charge < -0.3 is 10.1 Å². The summed E-state index contributed by atoms with van der Waals surface area (Å²) in [5, 5.41) is 3.06. The first-order valence-electron chi connectivity index (χ1n) is 5.84. The lowest BCUT2D eigenvalue weighted by Gasteiger charge is -2.47. The van der Waals surface area contributed by atoms with E-state index in [0.717, 1.165) is 31.6 Å². The third kappa shape index (κ3) is 1.71. The lowest BCUT2D eigenvalue weighted by atomic mass is 9.74. The molecule has 4 heteroatoms. The second kappa shape index (κ2) is 3.60. The summed E-state index contributed by atoms with van der Waals surface area (Å²) in [5.41, 5.74) is -0.897. The van der Waals surface area contributed by atoms with Gasteiger partial charge in [-0.25, -0.2) is 4.39 Å². The first kappa shape index (κ1) is 10.4. The van der Waals surface area contributed by atoms with Crippen LogP contribution in [0.15, 0.2) is 0 Å². The fraction of sp³-hybridized carbons (Fsp3) is 1.00. The molecule has 0 bridgehead atoms. The van der Waals surface area contributed by atoms with E-state index in [1.165, 1.54) is 5.75 Å². The molecule has 0 saturated carbocycles. The maximum Gasteiger partial charge on any atom is 0.138 e. The highest BCUT2D eigenvalue weighted by atomic mass is 32.2. The van der Waals surface area contributed by atoms with E-state index < -0.39 is 5.67 Å². The lowest BCUT2D eigenvalue weighted by Crippen LogP contribution is -2.63. The van der Waals surface area contributed by atoms with Gasteiger partial charge in [0.2, 0.25) is 0 Å². The molecule has 0 aliphatic carbocycles. The molecule has 3 aliphatic heterocycles. The van der Waals surface area contributed by atoms with Crippen molar-refractivity contribution in [1.29, 1.82) is 0 Å². The van der Waals surface area contributed by atoms with Crippen molar-refractivity contribution in [1.82, 2.24) is 5.32 Å². The molecule has 3 fully saturated rings. The smallest absolute Gasteiger partial charge is 0.138 e. The Labute approximate surface area is 94.3 Å². The topological polar surface area (TPSA) is 21.3 Å². The van der Waals surface area contributed by atoms with Crippen LogP contribution in [0.2, 0.25) is 0 Å². The Morgan fingerprint density at radius 3 is 2.87 bits per heavy atom. The van der Waals surface area contributed by atoms with E-state index >= 15 is 0 Å². The highest BCUT2D eigenvalue weighted by molar-refractivity contribution is 7.99. The normalized spacial score (nSPS) is 44.2. The molecule has 0 amide bonds. The van der Waals surface area contributed by atoms with Crippen molar-refractivity contribution < 1.29 is 9.13 Å². The zero-order valence-corrected chi connectivity index (χ0v) is 9.75. The van der Waals surface area contributed by atoms with E-state index in [1.54, 1.807) is 0 Å². The minimum atomic E-state index is -0.927. The molecule has 1 N–H and O–H groups in total. The molecule has 3 heterocycles. The van der Waals surface area contributed by atoms with Gasteiger partial charge in [0.15, 0.2) is 0 Å². The maximum absolute atomic E-state index is 14.3. The fourth-order valence-corrected chi connectivity index (χ4v) is 4.36. The van der Waals surface area contributed by atoms with Gasteiger partial charge in [0.25, 0.3) is 0 Å². The molecule has 2 unspecified atom stereocenters. The number of hydrogen-bond donors (Lipinski definition) is 1. The van der Waals surface area contributed by atoms with E-state index in [-0.39, 0.29) is 11.5 Å². The summed E-state index contributed by atoms with van der Waals surface area (Å²) >= 11 is 1.95. The van der Waals surface area contributed by atoms with Crippen molar-refractivity contribution in [3.05, 3.63) is 0 Å². The zero-order valence-electron chi connectivity index (χ0n) is 8.93. The van der Waals surface area contributed by atoms with Gasteiger partial charge >= 0.3 is 0 Å². The molecule has 0 aromatic heterocycles. The highest BCUT2D eigenvalue weighted by Gasteiger charge is 2.51. The van der Waals surface area contributed by atoms with Gasteiger partial charge in [-0.15, -0.1) is 0 Å². The molecule has 3 rings (SSSR count). The first-order chi connectivity index (χ1) is 7.23. The summed E-state index contributed by atoms with van der Waals surface area (Å²) in [6.45, 7) is 1.87. The molecule has 86 valence electrons. The quantitative estimate of drug-likeness (QED) is 0.740. The lowest BCUT2D eigenvalue weighted by molar-refractivity contribution is -0.120. The average Bonchev–Trinajstić information content (AvgIpc) is 2.63. The number of ether oxygens (including phenoxy) is 1. The SMILES string of the molecule is FC1(C2CCOC3(CCSC3)C2)CNC1. The maximum atomic E-state index is 14.3. The average molecular weight is 231 g/mol. The minimum Gasteiger partial charge on any atom is -0.374 e. The molecule has 15 heavy (non-hydrogen) atoms. The predicted molar refractivity (Wildman–Crippen MR) is 60.1 cm³/mol. The molecular weight excluding hydrogens is 213 g/mol. The Bertz CT molecular complexity index is 251. The van der Waals surface area contributed by atoms with Crippen molar-refractivity contribution in [2.75, 3.05) is 31.2 Å². The minimum absolute atomic E-state index is 0.0300. The van der Waals surface area contributed by atoms with Gasteiger partial charge in [0.05, 0.1) is 5.60 Å². The van der Waals surface area contributed by atoms with E-state index in [4.69, 9.17) is 4.74 Å². The Kier molecular flexibility index (Phi) is 2.49. The van der Waals surface area contributed by atoms with Gasteiger partial charge in [-0.2, -0.15) is 11.8 Å². The molecule has 1 spiro atoms. The van der Waals surface area contributed by atoms with Crippen LogP contribution >= 0.6 is 11.8 Å². The van der Waals surface area contributed by atoms with E-state index in [0.29, 0.717) is 13.1 Å². The van der Waals surface area contributed by atoms with Crippen LogP contribution in [-0.4, -0.2) is 42.5 Å². The number of rotatable bonds is 1. The van der Waals surface area contributed by atoms with Crippen molar-refractivity contribution in [3.8, 4) is 0 Å². The molecule has 0 aromatic carbocycles. The molecule has 2 nitrogen and oxygen atoms in total. The van der Waals surface area contributed by atoms with Gasteiger partial charge in [0.1, 0.15) is 5.67 Å². The first-order valence-corrected chi connectivity index (χ1v) is 6.99. The van der Waals surface area contributed by atoms with Crippen LogP contribution in [0.4, 0.5) is 4.39 Å². The van der Waals surface area contributed by atoms with Crippen LogP contribution in [0.25, 0.3) is 0 Å². The number of alkyl halides is 1. The third-order valence-electron chi connectivity index (χ3n) is 4.13. The molecule has 0 radical (unpaired) electrons. The predicted octanol–water partition coefficient (Wildman–Crippen LogP) is 1.60. The molecular formula is C11H18FNOS. The zero-order chi connectivity index (χ0) is 10.4. The van der Waals surface area contributed by atoms with Crippen LogP contribution in [0, 0.1) is 5.92 Å². The van der Waals surface area contributed by atoms with Gasteiger partial charge in [-0.05, 0) is 25.0 Å². The van der Waals surface area contributed by atoms with E-state index in [1.807, 2.05) is 11.8 Å². The monoisotopic (exact) mass is 231 g/mol. The van der Waals surface area contributed by atoms with Gasteiger partial charge in [-0.1, -0.05) is 0 Å². The van der Waals surface area contributed by atoms with Crippen molar-refractivity contribution in [2.45, 2.75) is 30.5 Å². The van der Waals surface area contributed by atoms with Crippen LogP contribution < -0.4 is 5.32 Å². The highest BCUT2D eigenvalue weighted by Crippen LogP contribution is 2.45. The second-order valence-electron chi connectivity index (χ2n) is 5.16. The summed E-state index contributed by atoms with van der Waals surface area (Å²) in [6.07, 6.45) is 2.97. The summed E-state index contributed by atoms with van der Waals surface area (Å²) in [5.74, 6) is 2.49. The Balaban J connectivity index is 1.70. The Hall–Kier alpha value is 0.200. The van der Waals surface area contributed by atoms with Gasteiger partial charge in [0, 0.05) is 31.4 Å². The van der Waals surface area contributed by atoms with Crippen molar-refractivity contribution in [2.24, 2.45) is 5.92 Å². The number of nitrogens with one attached hydrogen (secondary N) is 1. The molecule has 3 saturated heterocycles. The molecule has 2 atom stereocenters. The number of thioether (sulfide) groups is 1. The standard InChI is InChI=1S/C11H18FNOS/c12-11(6-13-7-11)9-1-3-14-10(5-9)2-4-15-8-10/h9,13H,1-8H2. The van der Waals surface area contributed by atoms with E-state index in [9.17, 15) is 4.39 Å². The van der Waals surface area contributed by atoms with Gasteiger partial charge in [-0.3, -0.25) is 0 Å². The van der Waals surface area contributed by atoms with Crippen LogP contribution in [0.5, 0.6) is 0 Å². The summed E-state index contributed by atoms with van der Waals surface area (Å²) in [4.78, 5) is 0. The summed E-state index contributed by atoms with van der Waals surface area (Å²) in [7, 11) is 0. The molecule has 3 aliphatic rings. The van der Waals surface area contributed by atoms with E-state index in [2.05, 4.69) is 5.32 Å². The summed E-state index contributed by atoms with van der Waals surface area (Å²) in [6, 6.07) is 0. The number of halogens is 1. The third-order valence-corrected chi connectivity index (χ3v) is 5.35. The van der Waals surface area contributed by atoms with Crippen molar-refractivity contribution in [3.63, 3.8) is 0 Å². The number of hydrogen-bond acceptors (Lipinski definition) is 3. The van der Waals surface area contributed by atoms with Crippen LogP contribution in [-0.2, 0) is 4.74 Å². The fourth-order valence-electron chi connectivity index (χ4n) is 2.99. The largest absolute Gasteiger partial charge is 0.374 e. The van der Waals surface area contributed by atoms with Crippen LogP contribution in [0.3, 0.4) is 0 Å². The second-order valence-corrected chi connectivity index (χ2v) is 6.27. The van der Waals surface area contributed by atoms with Crippen molar-refractivity contribution >= 4 is 11.8 Å². The Morgan fingerprint density at radius 1 is 1.40 bits per heavy atom. The summed E-state index contributed by atoms with van der Waals surface area (Å²) < 4.78 is 20.2. The van der Waals surface area contributed by atoms with Crippen LogP contribution in [0.1, 0.15) is 19.3 Å². The Morgan fingerprint density at radius 2 is 2.27 bits per heavy atom. The molecule has 0 aromatic rings.